The Hall–Kier alpha value is -1.03. The lowest BCUT2D eigenvalue weighted by Crippen LogP contribution is -2.04. The van der Waals surface area contributed by atoms with Gasteiger partial charge in [0.1, 0.15) is 0 Å². The van der Waals surface area contributed by atoms with Gasteiger partial charge in [0, 0.05) is 7.11 Å². The van der Waals surface area contributed by atoms with Crippen LogP contribution in [0.5, 0.6) is 0 Å². The second-order valence-electron chi connectivity index (χ2n) is 1.54. The van der Waals surface area contributed by atoms with E-state index in [9.17, 15) is 4.79 Å². The Balaban J connectivity index is 3.80. The highest BCUT2D eigenvalue weighted by molar-refractivity contribution is 5.85. The lowest BCUT2D eigenvalue weighted by molar-refractivity contribution is -0.139. The van der Waals surface area contributed by atoms with Gasteiger partial charge in [-0.15, -0.1) is 0 Å². The van der Waals surface area contributed by atoms with Crippen molar-refractivity contribution in [2.45, 2.75) is 0 Å². The van der Waals surface area contributed by atoms with Crippen LogP contribution in [0.2, 0.25) is 0 Å². The Bertz CT molecular complexity index is 139. The molecule has 0 atom stereocenters. The first-order chi connectivity index (χ1) is 4.72. The van der Waals surface area contributed by atoms with E-state index < -0.39 is 11.7 Å². The highest BCUT2D eigenvalue weighted by Crippen LogP contribution is 1.90. The third-order valence-electron chi connectivity index (χ3n) is 0.838. The van der Waals surface area contributed by atoms with Gasteiger partial charge in [0.15, 0.2) is 5.76 Å². The zero-order valence-electron chi connectivity index (χ0n) is 5.96. The average molecular weight is 146 g/mol. The minimum atomic E-state index is -0.753. The van der Waals surface area contributed by atoms with Gasteiger partial charge < -0.3 is 14.6 Å². The second kappa shape index (κ2) is 4.81. The number of rotatable bonds is 3. The summed E-state index contributed by atoms with van der Waals surface area (Å²) in [5, 5.41) is 8.76. The van der Waals surface area contributed by atoms with Crippen LogP contribution in [0.3, 0.4) is 0 Å². The van der Waals surface area contributed by atoms with Gasteiger partial charge in [0.25, 0.3) is 0 Å². The lowest BCUT2D eigenvalue weighted by Gasteiger charge is -1.95. The maximum absolute atomic E-state index is 10.4. The molecule has 0 saturated heterocycles. The van der Waals surface area contributed by atoms with Crippen molar-refractivity contribution in [3.05, 3.63) is 11.8 Å². The summed E-state index contributed by atoms with van der Waals surface area (Å²) in [4.78, 5) is 10.4. The molecule has 0 fully saturated rings. The molecule has 1 N–H and O–H groups in total. The van der Waals surface area contributed by atoms with Crippen LogP contribution >= 0.6 is 0 Å². The fourth-order valence-corrected chi connectivity index (χ4v) is 0.350. The van der Waals surface area contributed by atoms with Crippen molar-refractivity contribution in [1.29, 1.82) is 0 Å². The van der Waals surface area contributed by atoms with E-state index in [0.29, 0.717) is 0 Å². The third kappa shape index (κ3) is 3.09. The van der Waals surface area contributed by atoms with Crippen LogP contribution in [-0.4, -0.2) is 31.9 Å². The maximum atomic E-state index is 10.4. The van der Waals surface area contributed by atoms with Crippen LogP contribution in [-0.2, 0) is 14.3 Å². The number of hydrogen-bond acceptors (Lipinski definition) is 4. The summed E-state index contributed by atoms with van der Waals surface area (Å²) in [5.74, 6) is -1.18. The van der Waals surface area contributed by atoms with Gasteiger partial charge in [0.05, 0.1) is 13.7 Å². The van der Waals surface area contributed by atoms with Gasteiger partial charge in [-0.3, -0.25) is 0 Å². The standard InChI is InChI=1S/C6H10O4/c1-9-4-3-5(7)6(8)10-2/h3,7H,4H2,1-2H3. The fraction of sp³-hybridized carbons (Fsp3) is 0.500. The Morgan fingerprint density at radius 2 is 2.20 bits per heavy atom. The van der Waals surface area contributed by atoms with E-state index in [4.69, 9.17) is 5.11 Å². The van der Waals surface area contributed by atoms with E-state index in [1.165, 1.54) is 20.3 Å². The molecule has 0 spiro atoms. The molecule has 4 heteroatoms. The monoisotopic (exact) mass is 146 g/mol. The molecule has 0 aliphatic rings. The Morgan fingerprint density at radius 3 is 2.60 bits per heavy atom. The largest absolute Gasteiger partial charge is 0.502 e. The Kier molecular flexibility index (Phi) is 4.32. The fourth-order valence-electron chi connectivity index (χ4n) is 0.350. The minimum absolute atomic E-state index is 0.195. The van der Waals surface area contributed by atoms with Crippen molar-refractivity contribution >= 4 is 5.97 Å². The SMILES string of the molecule is COCC=C(O)C(=O)OC. The quantitative estimate of drug-likeness (QED) is 0.352. The van der Waals surface area contributed by atoms with Crippen LogP contribution in [0.4, 0.5) is 0 Å². The van der Waals surface area contributed by atoms with Crippen LogP contribution in [0, 0.1) is 0 Å². The number of ether oxygens (including phenoxy) is 2. The molecular weight excluding hydrogens is 136 g/mol. The van der Waals surface area contributed by atoms with E-state index in [1.807, 2.05) is 0 Å². The smallest absolute Gasteiger partial charge is 0.372 e. The van der Waals surface area contributed by atoms with Crippen molar-refractivity contribution in [1.82, 2.24) is 0 Å². The third-order valence-corrected chi connectivity index (χ3v) is 0.838. The van der Waals surface area contributed by atoms with Crippen LogP contribution < -0.4 is 0 Å². The molecule has 0 amide bonds. The van der Waals surface area contributed by atoms with Crippen LogP contribution in [0.1, 0.15) is 0 Å². The Morgan fingerprint density at radius 1 is 1.60 bits per heavy atom. The molecular formula is C6H10O4. The number of hydrogen-bond donors (Lipinski definition) is 1. The van der Waals surface area contributed by atoms with Gasteiger partial charge in [-0.05, 0) is 6.08 Å². The number of carbonyl (C=O) groups is 1. The first-order valence-electron chi connectivity index (χ1n) is 2.68. The molecule has 4 nitrogen and oxygen atoms in total. The van der Waals surface area contributed by atoms with Crippen molar-refractivity contribution in [2.24, 2.45) is 0 Å². The summed E-state index contributed by atoms with van der Waals surface area (Å²) in [6.07, 6.45) is 1.23. The highest BCUT2D eigenvalue weighted by atomic mass is 16.5. The molecule has 0 aromatic carbocycles. The molecule has 0 radical (unpaired) electrons. The van der Waals surface area contributed by atoms with Crippen molar-refractivity contribution < 1.29 is 19.4 Å². The molecule has 0 aromatic rings. The van der Waals surface area contributed by atoms with E-state index in [2.05, 4.69) is 9.47 Å². The lowest BCUT2D eigenvalue weighted by atomic mass is 10.4. The van der Waals surface area contributed by atoms with E-state index in [0.717, 1.165) is 0 Å². The summed E-state index contributed by atoms with van der Waals surface area (Å²) in [7, 11) is 2.65. The van der Waals surface area contributed by atoms with Gasteiger partial charge in [-0.1, -0.05) is 0 Å². The molecule has 0 unspecified atom stereocenters. The van der Waals surface area contributed by atoms with Gasteiger partial charge in [-0.2, -0.15) is 0 Å². The van der Waals surface area contributed by atoms with Crippen LogP contribution in [0.15, 0.2) is 11.8 Å². The summed E-state index contributed by atoms with van der Waals surface area (Å²) in [5.41, 5.74) is 0. The van der Waals surface area contributed by atoms with Crippen molar-refractivity contribution in [3.63, 3.8) is 0 Å². The summed E-state index contributed by atoms with van der Waals surface area (Å²) >= 11 is 0. The number of carbonyl (C=O) groups excluding carboxylic acids is 1. The highest BCUT2D eigenvalue weighted by Gasteiger charge is 2.04. The molecule has 0 bridgehead atoms. The molecule has 0 aliphatic heterocycles. The molecule has 0 rings (SSSR count). The number of esters is 1. The summed E-state index contributed by atoms with van der Waals surface area (Å²) in [6, 6.07) is 0. The average Bonchev–Trinajstić information content (AvgIpc) is 1.98. The summed E-state index contributed by atoms with van der Waals surface area (Å²) in [6.45, 7) is 0.195. The number of aliphatic hydroxyl groups is 1. The van der Waals surface area contributed by atoms with Crippen molar-refractivity contribution in [3.8, 4) is 0 Å². The van der Waals surface area contributed by atoms with E-state index in [-0.39, 0.29) is 6.61 Å². The van der Waals surface area contributed by atoms with E-state index >= 15 is 0 Å². The van der Waals surface area contributed by atoms with Gasteiger partial charge >= 0.3 is 5.97 Å². The summed E-state index contributed by atoms with van der Waals surface area (Å²) < 4.78 is 8.76. The first-order valence-corrected chi connectivity index (χ1v) is 2.68. The zero-order chi connectivity index (χ0) is 7.98. The molecule has 0 heterocycles. The molecule has 0 saturated carbocycles. The second-order valence-corrected chi connectivity index (χ2v) is 1.54. The van der Waals surface area contributed by atoms with E-state index in [1.54, 1.807) is 0 Å². The van der Waals surface area contributed by atoms with Crippen LogP contribution in [0.25, 0.3) is 0 Å². The number of methoxy groups -OCH3 is 2. The first kappa shape index (κ1) is 8.97. The topological polar surface area (TPSA) is 55.8 Å². The van der Waals surface area contributed by atoms with Crippen molar-refractivity contribution in [2.75, 3.05) is 20.8 Å². The molecule has 0 aliphatic carbocycles. The predicted molar refractivity (Wildman–Crippen MR) is 34.6 cm³/mol. The molecule has 10 heavy (non-hydrogen) atoms. The number of aliphatic hydroxyl groups excluding tert-OH is 1. The minimum Gasteiger partial charge on any atom is -0.502 e. The Labute approximate surface area is 59.1 Å². The van der Waals surface area contributed by atoms with Gasteiger partial charge in [-0.25, -0.2) is 4.79 Å². The van der Waals surface area contributed by atoms with Gasteiger partial charge in [0.2, 0.25) is 0 Å². The molecule has 58 valence electrons. The predicted octanol–water partition coefficient (Wildman–Crippen LogP) is 0.248. The molecule has 0 aromatic heterocycles. The zero-order valence-corrected chi connectivity index (χ0v) is 5.96. The normalized spacial score (nSPS) is 11.2. The maximum Gasteiger partial charge on any atom is 0.372 e.